The third-order valence-electron chi connectivity index (χ3n) is 2.36. The molecule has 6 heteroatoms. The highest BCUT2D eigenvalue weighted by molar-refractivity contribution is 9.10. The number of carboxylic acids is 1. The summed E-state index contributed by atoms with van der Waals surface area (Å²) in [5.74, 6) is -0.342. The number of aromatic nitrogens is 1. The van der Waals surface area contributed by atoms with Crippen LogP contribution in [0.1, 0.15) is 10.5 Å². The van der Waals surface area contributed by atoms with Gasteiger partial charge in [-0.2, -0.15) is 0 Å². The predicted molar refractivity (Wildman–Crippen MR) is 61.9 cm³/mol. The maximum Gasteiger partial charge on any atom is 0.354 e. The van der Waals surface area contributed by atoms with Gasteiger partial charge >= 0.3 is 5.97 Å². The van der Waals surface area contributed by atoms with Crippen LogP contribution in [0.5, 0.6) is 0 Å². The van der Waals surface area contributed by atoms with E-state index in [2.05, 4.69) is 20.9 Å². The normalized spacial score (nSPS) is 16.2. The number of pyridine rings is 1. The van der Waals surface area contributed by atoms with Crippen molar-refractivity contribution in [3.63, 3.8) is 0 Å². The van der Waals surface area contributed by atoms with Crippen molar-refractivity contribution in [2.24, 2.45) is 0 Å². The Morgan fingerprint density at radius 3 is 2.75 bits per heavy atom. The predicted octanol–water partition coefficient (Wildman–Crippen LogP) is 1.38. The summed E-state index contributed by atoms with van der Waals surface area (Å²) < 4.78 is 6.04. The van der Waals surface area contributed by atoms with Crippen molar-refractivity contribution in [2.75, 3.05) is 31.2 Å². The minimum atomic E-state index is -1.01. The van der Waals surface area contributed by atoms with Crippen molar-refractivity contribution in [3.8, 4) is 0 Å². The molecule has 1 N–H and O–H groups in total. The maximum absolute atomic E-state index is 10.8. The number of ether oxygens (including phenoxy) is 1. The molecule has 1 aromatic rings. The van der Waals surface area contributed by atoms with Crippen LogP contribution in [0.15, 0.2) is 16.6 Å². The largest absolute Gasteiger partial charge is 0.477 e. The van der Waals surface area contributed by atoms with Crippen molar-refractivity contribution in [2.45, 2.75) is 0 Å². The number of nitrogens with zero attached hydrogens (tertiary/aromatic N) is 2. The lowest BCUT2D eigenvalue weighted by atomic mass is 10.3. The van der Waals surface area contributed by atoms with Gasteiger partial charge in [0.25, 0.3) is 0 Å². The van der Waals surface area contributed by atoms with Crippen LogP contribution in [0, 0.1) is 0 Å². The fourth-order valence-electron chi connectivity index (χ4n) is 1.55. The fraction of sp³-hybridized carbons (Fsp3) is 0.400. The summed E-state index contributed by atoms with van der Waals surface area (Å²) in [6.45, 7) is 2.75. The lowest BCUT2D eigenvalue weighted by Crippen LogP contribution is -2.37. The molecule has 0 radical (unpaired) electrons. The van der Waals surface area contributed by atoms with Crippen LogP contribution < -0.4 is 4.90 Å². The van der Waals surface area contributed by atoms with Crippen molar-refractivity contribution < 1.29 is 14.6 Å². The van der Waals surface area contributed by atoms with Gasteiger partial charge in [0, 0.05) is 13.1 Å². The van der Waals surface area contributed by atoms with Crippen molar-refractivity contribution >= 4 is 27.7 Å². The molecule has 1 aliphatic rings. The Morgan fingerprint density at radius 2 is 2.12 bits per heavy atom. The molecule has 0 saturated carbocycles. The Morgan fingerprint density at radius 1 is 1.44 bits per heavy atom. The van der Waals surface area contributed by atoms with E-state index in [9.17, 15) is 4.79 Å². The number of morpholine rings is 1. The number of halogens is 1. The van der Waals surface area contributed by atoms with Crippen LogP contribution in [0.3, 0.4) is 0 Å². The number of hydrogen-bond acceptors (Lipinski definition) is 4. The summed E-state index contributed by atoms with van der Waals surface area (Å²) in [5, 5.41) is 8.88. The maximum atomic E-state index is 10.8. The Kier molecular flexibility index (Phi) is 3.40. The van der Waals surface area contributed by atoms with Gasteiger partial charge in [-0.05, 0) is 28.1 Å². The minimum absolute atomic E-state index is 0.0599. The third kappa shape index (κ3) is 2.33. The van der Waals surface area contributed by atoms with Crippen molar-refractivity contribution in [3.05, 3.63) is 22.3 Å². The van der Waals surface area contributed by atoms with E-state index in [0.29, 0.717) is 19.0 Å². The molecule has 2 heterocycles. The first-order chi connectivity index (χ1) is 7.68. The van der Waals surface area contributed by atoms with E-state index in [1.807, 2.05) is 4.90 Å². The number of anilines is 1. The van der Waals surface area contributed by atoms with Crippen molar-refractivity contribution in [1.82, 2.24) is 4.98 Å². The van der Waals surface area contributed by atoms with E-state index in [1.165, 1.54) is 6.07 Å². The van der Waals surface area contributed by atoms with Gasteiger partial charge in [0.2, 0.25) is 0 Å². The van der Waals surface area contributed by atoms with Gasteiger partial charge in [-0.25, -0.2) is 9.78 Å². The molecule has 0 amide bonds. The van der Waals surface area contributed by atoms with Crippen LogP contribution in [-0.4, -0.2) is 42.4 Å². The topological polar surface area (TPSA) is 62.7 Å². The van der Waals surface area contributed by atoms with Gasteiger partial charge in [0.1, 0.15) is 5.82 Å². The van der Waals surface area contributed by atoms with Gasteiger partial charge in [0.05, 0.1) is 17.7 Å². The smallest absolute Gasteiger partial charge is 0.354 e. The van der Waals surface area contributed by atoms with Crippen LogP contribution in [0.25, 0.3) is 0 Å². The molecule has 1 aromatic heterocycles. The standard InChI is InChI=1S/C10H11BrN2O3/c11-7-1-2-8(10(14)15)12-9(7)13-3-5-16-6-4-13/h1-2H,3-6H2,(H,14,15). The Balaban J connectivity index is 2.30. The van der Waals surface area contributed by atoms with Crippen LogP contribution in [-0.2, 0) is 4.74 Å². The van der Waals surface area contributed by atoms with E-state index >= 15 is 0 Å². The zero-order valence-electron chi connectivity index (χ0n) is 8.52. The second kappa shape index (κ2) is 4.80. The first kappa shape index (κ1) is 11.3. The van der Waals surface area contributed by atoms with Gasteiger partial charge in [0.15, 0.2) is 5.69 Å². The molecular weight excluding hydrogens is 276 g/mol. The van der Waals surface area contributed by atoms with Crippen LogP contribution >= 0.6 is 15.9 Å². The molecule has 0 spiro atoms. The Hall–Kier alpha value is -1.14. The summed E-state index contributed by atoms with van der Waals surface area (Å²) in [7, 11) is 0. The molecule has 0 unspecified atom stereocenters. The quantitative estimate of drug-likeness (QED) is 0.890. The molecule has 5 nitrogen and oxygen atoms in total. The highest BCUT2D eigenvalue weighted by Crippen LogP contribution is 2.24. The second-order valence-corrected chi connectivity index (χ2v) is 4.26. The lowest BCUT2D eigenvalue weighted by molar-refractivity contribution is 0.0690. The first-order valence-corrected chi connectivity index (χ1v) is 5.70. The van der Waals surface area contributed by atoms with E-state index in [1.54, 1.807) is 6.07 Å². The average molecular weight is 287 g/mol. The molecule has 1 aliphatic heterocycles. The SMILES string of the molecule is O=C(O)c1ccc(Br)c(N2CCOCC2)n1. The summed E-state index contributed by atoms with van der Waals surface area (Å²) in [4.78, 5) is 17.0. The molecule has 0 atom stereocenters. The molecule has 0 bridgehead atoms. The van der Waals surface area contributed by atoms with Crippen LogP contribution in [0.2, 0.25) is 0 Å². The molecule has 16 heavy (non-hydrogen) atoms. The number of carbonyl (C=O) groups is 1. The number of hydrogen-bond donors (Lipinski definition) is 1. The Labute approximate surface area is 101 Å². The average Bonchev–Trinajstić information content (AvgIpc) is 2.30. The van der Waals surface area contributed by atoms with E-state index in [4.69, 9.17) is 9.84 Å². The first-order valence-electron chi connectivity index (χ1n) is 4.91. The van der Waals surface area contributed by atoms with Gasteiger partial charge in [-0.15, -0.1) is 0 Å². The van der Waals surface area contributed by atoms with Gasteiger partial charge in [-0.3, -0.25) is 0 Å². The summed E-state index contributed by atoms with van der Waals surface area (Å²) in [6.07, 6.45) is 0. The molecule has 1 saturated heterocycles. The van der Waals surface area contributed by atoms with E-state index < -0.39 is 5.97 Å². The van der Waals surface area contributed by atoms with Crippen molar-refractivity contribution in [1.29, 1.82) is 0 Å². The highest BCUT2D eigenvalue weighted by Gasteiger charge is 2.17. The Bertz CT molecular complexity index is 405. The third-order valence-corrected chi connectivity index (χ3v) is 2.98. The molecule has 0 aliphatic carbocycles. The van der Waals surface area contributed by atoms with E-state index in [0.717, 1.165) is 17.6 Å². The summed E-state index contributed by atoms with van der Waals surface area (Å²) >= 11 is 3.38. The number of aromatic carboxylic acids is 1. The minimum Gasteiger partial charge on any atom is -0.477 e. The molecule has 86 valence electrons. The molecule has 0 aromatic carbocycles. The second-order valence-electron chi connectivity index (χ2n) is 3.41. The monoisotopic (exact) mass is 286 g/mol. The molecular formula is C10H11BrN2O3. The lowest BCUT2D eigenvalue weighted by Gasteiger charge is -2.28. The van der Waals surface area contributed by atoms with Gasteiger partial charge < -0.3 is 14.7 Å². The number of rotatable bonds is 2. The highest BCUT2D eigenvalue weighted by atomic mass is 79.9. The summed E-state index contributed by atoms with van der Waals surface area (Å²) in [5.41, 5.74) is 0.0599. The summed E-state index contributed by atoms with van der Waals surface area (Å²) in [6, 6.07) is 3.19. The van der Waals surface area contributed by atoms with Gasteiger partial charge in [-0.1, -0.05) is 0 Å². The van der Waals surface area contributed by atoms with E-state index in [-0.39, 0.29) is 5.69 Å². The fourth-order valence-corrected chi connectivity index (χ4v) is 2.02. The zero-order valence-corrected chi connectivity index (χ0v) is 10.1. The van der Waals surface area contributed by atoms with Crippen LogP contribution in [0.4, 0.5) is 5.82 Å². The number of carboxylic acid groups (broad SMARTS) is 1. The molecule has 2 rings (SSSR count). The molecule has 1 fully saturated rings. The zero-order chi connectivity index (χ0) is 11.5.